The molecule has 1 saturated heterocycles. The van der Waals surface area contributed by atoms with E-state index >= 15 is 0 Å². The van der Waals surface area contributed by atoms with Gasteiger partial charge < -0.3 is 10.2 Å². The van der Waals surface area contributed by atoms with Gasteiger partial charge in [-0.15, -0.1) is 0 Å². The van der Waals surface area contributed by atoms with Crippen LogP contribution >= 0.6 is 15.9 Å². The van der Waals surface area contributed by atoms with Gasteiger partial charge in [0.25, 0.3) is 0 Å². The lowest BCUT2D eigenvalue weighted by molar-refractivity contribution is -0.130. The second kappa shape index (κ2) is 5.85. The monoisotopic (exact) mass is 310 g/mol. The van der Waals surface area contributed by atoms with E-state index in [9.17, 15) is 4.79 Å². The van der Waals surface area contributed by atoms with E-state index in [-0.39, 0.29) is 11.9 Å². The molecule has 1 heterocycles. The molecule has 0 radical (unpaired) electrons. The standard InChI is InChI=1S/C14H19BrN2O/c1-10(2)16-13-7-8-17(14(13)18)9-11-3-5-12(15)6-4-11/h3-6,10,13,16H,7-9H2,1-2H3. The van der Waals surface area contributed by atoms with Crippen molar-refractivity contribution >= 4 is 21.8 Å². The summed E-state index contributed by atoms with van der Waals surface area (Å²) in [6.07, 6.45) is 0.910. The number of rotatable bonds is 4. The Morgan fingerprint density at radius 1 is 1.39 bits per heavy atom. The maximum Gasteiger partial charge on any atom is 0.240 e. The second-order valence-electron chi connectivity index (χ2n) is 5.05. The van der Waals surface area contributed by atoms with E-state index in [1.54, 1.807) is 0 Å². The van der Waals surface area contributed by atoms with Gasteiger partial charge in [0.1, 0.15) is 0 Å². The van der Waals surface area contributed by atoms with Crippen LogP contribution in [-0.2, 0) is 11.3 Å². The zero-order valence-corrected chi connectivity index (χ0v) is 12.4. The Morgan fingerprint density at radius 2 is 2.06 bits per heavy atom. The first-order chi connectivity index (χ1) is 8.56. The van der Waals surface area contributed by atoms with Crippen LogP contribution in [0.25, 0.3) is 0 Å². The van der Waals surface area contributed by atoms with Crippen LogP contribution in [0.15, 0.2) is 28.7 Å². The maximum absolute atomic E-state index is 12.2. The molecule has 1 aromatic rings. The Hall–Kier alpha value is -0.870. The number of carbonyl (C=O) groups excluding carboxylic acids is 1. The van der Waals surface area contributed by atoms with Crippen LogP contribution in [0, 0.1) is 0 Å². The normalized spacial score (nSPS) is 19.9. The predicted molar refractivity (Wildman–Crippen MR) is 76.2 cm³/mol. The molecule has 0 spiro atoms. The van der Waals surface area contributed by atoms with Crippen molar-refractivity contribution in [3.8, 4) is 0 Å². The molecule has 0 bridgehead atoms. The van der Waals surface area contributed by atoms with Gasteiger partial charge in [-0.25, -0.2) is 0 Å². The molecule has 2 rings (SSSR count). The highest BCUT2D eigenvalue weighted by Gasteiger charge is 2.31. The van der Waals surface area contributed by atoms with Crippen molar-refractivity contribution in [2.24, 2.45) is 0 Å². The summed E-state index contributed by atoms with van der Waals surface area (Å²) in [6.45, 7) is 5.71. The van der Waals surface area contributed by atoms with Crippen LogP contribution in [-0.4, -0.2) is 29.4 Å². The molecule has 1 atom stereocenters. The van der Waals surface area contributed by atoms with Crippen LogP contribution in [0.1, 0.15) is 25.8 Å². The summed E-state index contributed by atoms with van der Waals surface area (Å²) in [7, 11) is 0. The fourth-order valence-electron chi connectivity index (χ4n) is 2.26. The molecule has 1 aromatic carbocycles. The summed E-state index contributed by atoms with van der Waals surface area (Å²) >= 11 is 3.42. The Labute approximate surface area is 117 Å². The fraction of sp³-hybridized carbons (Fsp3) is 0.500. The molecule has 4 heteroatoms. The van der Waals surface area contributed by atoms with Crippen LogP contribution in [0.4, 0.5) is 0 Å². The quantitative estimate of drug-likeness (QED) is 0.927. The van der Waals surface area contributed by atoms with Gasteiger partial charge in [0, 0.05) is 23.6 Å². The summed E-state index contributed by atoms with van der Waals surface area (Å²) in [5.41, 5.74) is 1.18. The average molecular weight is 311 g/mol. The number of amides is 1. The van der Waals surface area contributed by atoms with E-state index < -0.39 is 0 Å². The van der Waals surface area contributed by atoms with Gasteiger partial charge in [0.15, 0.2) is 0 Å². The molecular formula is C14H19BrN2O. The first-order valence-electron chi connectivity index (χ1n) is 6.35. The predicted octanol–water partition coefficient (Wildman–Crippen LogP) is 2.55. The number of halogens is 1. The molecule has 0 aliphatic carbocycles. The van der Waals surface area contributed by atoms with Gasteiger partial charge in [0.05, 0.1) is 6.04 Å². The Balaban J connectivity index is 1.95. The third-order valence-electron chi connectivity index (χ3n) is 3.12. The number of hydrogen-bond donors (Lipinski definition) is 1. The highest BCUT2D eigenvalue weighted by atomic mass is 79.9. The summed E-state index contributed by atoms with van der Waals surface area (Å²) < 4.78 is 1.07. The van der Waals surface area contributed by atoms with E-state index in [4.69, 9.17) is 0 Å². The van der Waals surface area contributed by atoms with Crippen LogP contribution in [0.3, 0.4) is 0 Å². The number of carbonyl (C=O) groups is 1. The Morgan fingerprint density at radius 3 is 2.67 bits per heavy atom. The highest BCUT2D eigenvalue weighted by molar-refractivity contribution is 9.10. The summed E-state index contributed by atoms with van der Waals surface area (Å²) in [6, 6.07) is 8.49. The van der Waals surface area contributed by atoms with Crippen molar-refractivity contribution in [2.75, 3.05) is 6.54 Å². The maximum atomic E-state index is 12.2. The SMILES string of the molecule is CC(C)NC1CCN(Cc2ccc(Br)cc2)C1=O. The van der Waals surface area contributed by atoms with E-state index in [1.165, 1.54) is 5.56 Å². The minimum atomic E-state index is 0.000415. The minimum Gasteiger partial charge on any atom is -0.337 e. The smallest absolute Gasteiger partial charge is 0.240 e. The third kappa shape index (κ3) is 3.33. The molecule has 18 heavy (non-hydrogen) atoms. The highest BCUT2D eigenvalue weighted by Crippen LogP contribution is 2.17. The largest absolute Gasteiger partial charge is 0.337 e. The van der Waals surface area contributed by atoms with Crippen LogP contribution < -0.4 is 5.32 Å². The summed E-state index contributed by atoms with van der Waals surface area (Å²) in [5.74, 6) is 0.228. The first-order valence-corrected chi connectivity index (χ1v) is 7.15. The Bertz CT molecular complexity index is 416. The number of nitrogens with one attached hydrogen (secondary N) is 1. The van der Waals surface area contributed by atoms with E-state index in [1.807, 2.05) is 17.0 Å². The summed E-state index contributed by atoms with van der Waals surface area (Å²) in [5, 5.41) is 3.32. The van der Waals surface area contributed by atoms with Crippen LogP contribution in [0.2, 0.25) is 0 Å². The number of benzene rings is 1. The minimum absolute atomic E-state index is 0.000415. The van der Waals surface area contributed by atoms with Gasteiger partial charge in [-0.05, 0) is 24.1 Å². The van der Waals surface area contributed by atoms with E-state index in [0.717, 1.165) is 17.4 Å². The molecule has 0 saturated carbocycles. The molecule has 1 amide bonds. The average Bonchev–Trinajstić information content (AvgIpc) is 2.64. The van der Waals surface area contributed by atoms with Crippen LogP contribution in [0.5, 0.6) is 0 Å². The molecule has 1 aliphatic rings. The van der Waals surface area contributed by atoms with Gasteiger partial charge in [0.2, 0.25) is 5.91 Å². The van der Waals surface area contributed by atoms with Gasteiger partial charge in [-0.1, -0.05) is 41.9 Å². The van der Waals surface area contributed by atoms with Crippen molar-refractivity contribution in [3.05, 3.63) is 34.3 Å². The van der Waals surface area contributed by atoms with Crippen molar-refractivity contribution in [1.82, 2.24) is 10.2 Å². The molecule has 98 valence electrons. The molecule has 3 nitrogen and oxygen atoms in total. The zero-order chi connectivity index (χ0) is 13.1. The topological polar surface area (TPSA) is 32.3 Å². The molecule has 1 aliphatic heterocycles. The number of nitrogens with zero attached hydrogens (tertiary/aromatic N) is 1. The van der Waals surface area contributed by atoms with Crippen molar-refractivity contribution < 1.29 is 4.79 Å². The number of hydrogen-bond acceptors (Lipinski definition) is 2. The van der Waals surface area contributed by atoms with Crippen molar-refractivity contribution in [3.63, 3.8) is 0 Å². The first kappa shape index (κ1) is 13.6. The molecule has 1 N–H and O–H groups in total. The third-order valence-corrected chi connectivity index (χ3v) is 3.65. The van der Waals surface area contributed by atoms with Gasteiger partial charge in [-0.3, -0.25) is 4.79 Å². The zero-order valence-electron chi connectivity index (χ0n) is 10.8. The number of likely N-dealkylation sites (tertiary alicyclic amines) is 1. The van der Waals surface area contributed by atoms with Gasteiger partial charge >= 0.3 is 0 Å². The van der Waals surface area contributed by atoms with Gasteiger partial charge in [-0.2, -0.15) is 0 Å². The second-order valence-corrected chi connectivity index (χ2v) is 5.96. The molecular weight excluding hydrogens is 292 g/mol. The lowest BCUT2D eigenvalue weighted by Gasteiger charge is -2.18. The van der Waals surface area contributed by atoms with Crippen molar-refractivity contribution in [1.29, 1.82) is 0 Å². The molecule has 1 fully saturated rings. The molecule has 0 aromatic heterocycles. The van der Waals surface area contributed by atoms with Crippen molar-refractivity contribution in [2.45, 2.75) is 38.9 Å². The Kier molecular flexibility index (Phi) is 4.40. The summed E-state index contributed by atoms with van der Waals surface area (Å²) in [4.78, 5) is 14.1. The van der Waals surface area contributed by atoms with E-state index in [0.29, 0.717) is 12.6 Å². The van der Waals surface area contributed by atoms with E-state index in [2.05, 4.69) is 47.2 Å². The lowest BCUT2D eigenvalue weighted by atomic mass is 10.2. The lowest BCUT2D eigenvalue weighted by Crippen LogP contribution is -2.41. The molecule has 1 unspecified atom stereocenters. The fourth-order valence-corrected chi connectivity index (χ4v) is 2.53.